The van der Waals surface area contributed by atoms with Crippen LogP contribution in [0.1, 0.15) is 18.4 Å². The van der Waals surface area contributed by atoms with Gasteiger partial charge < -0.3 is 15.4 Å². The van der Waals surface area contributed by atoms with Crippen LogP contribution < -0.4 is 5.73 Å². The Balaban J connectivity index is 1.89. The Kier molecular flexibility index (Phi) is 6.21. The Bertz CT molecular complexity index is 430. The lowest BCUT2D eigenvalue weighted by molar-refractivity contribution is -0.135. The monoisotopic (exact) mass is 290 g/mol. The van der Waals surface area contributed by atoms with Crippen LogP contribution in [0, 0.1) is 11.8 Å². The molecule has 1 saturated heterocycles. The van der Waals surface area contributed by atoms with Gasteiger partial charge in [-0.25, -0.2) is 0 Å². The van der Waals surface area contributed by atoms with Gasteiger partial charge >= 0.3 is 0 Å². The summed E-state index contributed by atoms with van der Waals surface area (Å²) >= 11 is 0. The van der Waals surface area contributed by atoms with Crippen molar-refractivity contribution in [1.82, 2.24) is 4.90 Å². The second-order valence-electron chi connectivity index (χ2n) is 5.92. The molecule has 1 aromatic rings. The topological polar surface area (TPSA) is 55.6 Å². The van der Waals surface area contributed by atoms with Crippen molar-refractivity contribution in [3.63, 3.8) is 0 Å². The SMILES string of the molecule is CN(CC1CCCOC1)C(=O)C(CN)Cc1ccccc1. The predicted molar refractivity (Wildman–Crippen MR) is 83.9 cm³/mol. The number of hydrogen-bond donors (Lipinski definition) is 1. The zero-order valence-electron chi connectivity index (χ0n) is 12.8. The van der Waals surface area contributed by atoms with Crippen LogP contribution in [-0.2, 0) is 16.0 Å². The molecule has 2 rings (SSSR count). The molecular weight excluding hydrogens is 264 g/mol. The minimum atomic E-state index is -0.137. The van der Waals surface area contributed by atoms with E-state index in [2.05, 4.69) is 0 Å². The molecule has 1 fully saturated rings. The fraction of sp³-hybridized carbons (Fsp3) is 0.588. The first kappa shape index (κ1) is 16.0. The summed E-state index contributed by atoms with van der Waals surface area (Å²) in [5.41, 5.74) is 6.98. The van der Waals surface area contributed by atoms with E-state index in [0.717, 1.165) is 38.2 Å². The van der Waals surface area contributed by atoms with E-state index in [1.807, 2.05) is 42.3 Å². The van der Waals surface area contributed by atoms with Crippen molar-refractivity contribution in [2.75, 3.05) is 33.4 Å². The summed E-state index contributed by atoms with van der Waals surface area (Å²) in [5, 5.41) is 0. The molecule has 0 aromatic heterocycles. The van der Waals surface area contributed by atoms with Crippen LogP contribution in [0.2, 0.25) is 0 Å². The number of rotatable bonds is 6. The highest BCUT2D eigenvalue weighted by Gasteiger charge is 2.24. The van der Waals surface area contributed by atoms with Crippen LogP contribution in [0.15, 0.2) is 30.3 Å². The maximum atomic E-state index is 12.6. The molecule has 4 heteroatoms. The van der Waals surface area contributed by atoms with Crippen molar-refractivity contribution >= 4 is 5.91 Å². The molecule has 0 radical (unpaired) electrons. The Hall–Kier alpha value is -1.39. The summed E-state index contributed by atoms with van der Waals surface area (Å²) in [6, 6.07) is 10.1. The number of carbonyl (C=O) groups excluding carboxylic acids is 1. The quantitative estimate of drug-likeness (QED) is 0.867. The van der Waals surface area contributed by atoms with Gasteiger partial charge in [0, 0.05) is 26.7 Å². The number of carbonyl (C=O) groups is 1. The van der Waals surface area contributed by atoms with Crippen LogP contribution >= 0.6 is 0 Å². The van der Waals surface area contributed by atoms with Gasteiger partial charge in [0.05, 0.1) is 12.5 Å². The largest absolute Gasteiger partial charge is 0.381 e. The zero-order valence-corrected chi connectivity index (χ0v) is 12.8. The van der Waals surface area contributed by atoms with Gasteiger partial charge in [-0.05, 0) is 30.7 Å². The summed E-state index contributed by atoms with van der Waals surface area (Å²) in [4.78, 5) is 14.4. The highest BCUT2D eigenvalue weighted by atomic mass is 16.5. The van der Waals surface area contributed by atoms with Crippen LogP contribution in [0.4, 0.5) is 0 Å². The Morgan fingerprint density at radius 3 is 2.81 bits per heavy atom. The van der Waals surface area contributed by atoms with Crippen molar-refractivity contribution in [3.8, 4) is 0 Å². The number of hydrogen-bond acceptors (Lipinski definition) is 3. The van der Waals surface area contributed by atoms with E-state index in [-0.39, 0.29) is 11.8 Å². The predicted octanol–water partition coefficient (Wildman–Crippen LogP) is 1.69. The maximum Gasteiger partial charge on any atom is 0.227 e. The molecule has 2 unspecified atom stereocenters. The third kappa shape index (κ3) is 4.83. The smallest absolute Gasteiger partial charge is 0.227 e. The standard InChI is InChI=1S/C17H26N2O2/c1-19(12-15-8-5-9-21-13-15)17(20)16(11-18)10-14-6-3-2-4-7-14/h2-4,6-7,15-16H,5,8-13,18H2,1H3. The number of nitrogens with zero attached hydrogens (tertiary/aromatic N) is 1. The Morgan fingerprint density at radius 2 is 2.19 bits per heavy atom. The molecular formula is C17H26N2O2. The van der Waals surface area contributed by atoms with E-state index in [1.165, 1.54) is 0 Å². The van der Waals surface area contributed by atoms with Crippen LogP contribution in [-0.4, -0.2) is 44.2 Å². The van der Waals surface area contributed by atoms with E-state index in [4.69, 9.17) is 10.5 Å². The molecule has 116 valence electrons. The van der Waals surface area contributed by atoms with E-state index in [0.29, 0.717) is 18.9 Å². The highest BCUT2D eigenvalue weighted by molar-refractivity contribution is 5.79. The molecule has 0 bridgehead atoms. The molecule has 1 aliphatic heterocycles. The van der Waals surface area contributed by atoms with Gasteiger partial charge in [0.25, 0.3) is 0 Å². The fourth-order valence-electron chi connectivity index (χ4n) is 2.91. The van der Waals surface area contributed by atoms with Crippen molar-refractivity contribution in [2.45, 2.75) is 19.3 Å². The fourth-order valence-corrected chi connectivity index (χ4v) is 2.91. The van der Waals surface area contributed by atoms with E-state index < -0.39 is 0 Å². The first-order valence-electron chi connectivity index (χ1n) is 7.77. The third-order valence-corrected chi connectivity index (χ3v) is 4.12. The van der Waals surface area contributed by atoms with Crippen molar-refractivity contribution in [1.29, 1.82) is 0 Å². The average molecular weight is 290 g/mol. The normalized spacial score (nSPS) is 20.0. The highest BCUT2D eigenvalue weighted by Crippen LogP contribution is 2.16. The van der Waals surface area contributed by atoms with E-state index in [9.17, 15) is 4.79 Å². The van der Waals surface area contributed by atoms with Crippen LogP contribution in [0.5, 0.6) is 0 Å². The summed E-state index contributed by atoms with van der Waals surface area (Å²) in [6.07, 6.45) is 2.95. The molecule has 0 saturated carbocycles. The average Bonchev–Trinajstić information content (AvgIpc) is 2.54. The van der Waals surface area contributed by atoms with Crippen molar-refractivity contribution in [2.24, 2.45) is 17.6 Å². The van der Waals surface area contributed by atoms with Gasteiger partial charge in [-0.2, -0.15) is 0 Å². The second-order valence-corrected chi connectivity index (χ2v) is 5.92. The number of nitrogens with two attached hydrogens (primary N) is 1. The van der Waals surface area contributed by atoms with Crippen LogP contribution in [0.25, 0.3) is 0 Å². The number of benzene rings is 1. The first-order valence-corrected chi connectivity index (χ1v) is 7.77. The lowest BCUT2D eigenvalue weighted by atomic mass is 9.96. The summed E-state index contributed by atoms with van der Waals surface area (Å²) in [6.45, 7) is 2.78. The minimum Gasteiger partial charge on any atom is -0.381 e. The lowest BCUT2D eigenvalue weighted by Gasteiger charge is -2.29. The summed E-state index contributed by atoms with van der Waals surface area (Å²) in [5.74, 6) is 0.469. The molecule has 1 aromatic carbocycles. The van der Waals surface area contributed by atoms with E-state index in [1.54, 1.807) is 0 Å². The maximum absolute atomic E-state index is 12.6. The molecule has 21 heavy (non-hydrogen) atoms. The Labute approximate surface area is 127 Å². The molecule has 4 nitrogen and oxygen atoms in total. The third-order valence-electron chi connectivity index (χ3n) is 4.12. The molecule has 2 atom stereocenters. The van der Waals surface area contributed by atoms with Crippen molar-refractivity contribution < 1.29 is 9.53 Å². The first-order chi connectivity index (χ1) is 10.2. The van der Waals surface area contributed by atoms with Gasteiger partial charge in [-0.1, -0.05) is 30.3 Å². The van der Waals surface area contributed by atoms with Crippen molar-refractivity contribution in [3.05, 3.63) is 35.9 Å². The number of ether oxygens (including phenoxy) is 1. The molecule has 0 spiro atoms. The molecule has 2 N–H and O–H groups in total. The molecule has 1 aliphatic rings. The van der Waals surface area contributed by atoms with Crippen LogP contribution in [0.3, 0.4) is 0 Å². The lowest BCUT2D eigenvalue weighted by Crippen LogP contribution is -2.41. The van der Waals surface area contributed by atoms with Gasteiger partial charge in [0.2, 0.25) is 5.91 Å². The zero-order chi connectivity index (χ0) is 15.1. The summed E-state index contributed by atoms with van der Waals surface area (Å²) < 4.78 is 5.48. The molecule has 0 aliphatic carbocycles. The van der Waals surface area contributed by atoms with Gasteiger partial charge in [0.15, 0.2) is 0 Å². The van der Waals surface area contributed by atoms with Gasteiger partial charge in [-0.15, -0.1) is 0 Å². The second kappa shape index (κ2) is 8.15. The van der Waals surface area contributed by atoms with Gasteiger partial charge in [-0.3, -0.25) is 4.79 Å². The van der Waals surface area contributed by atoms with E-state index >= 15 is 0 Å². The number of amides is 1. The molecule has 1 amide bonds. The minimum absolute atomic E-state index is 0.137. The molecule has 1 heterocycles. The summed E-state index contributed by atoms with van der Waals surface area (Å²) in [7, 11) is 1.88. The Morgan fingerprint density at radius 1 is 1.43 bits per heavy atom. The van der Waals surface area contributed by atoms with Gasteiger partial charge in [0.1, 0.15) is 0 Å².